The minimum Gasteiger partial charge on any atom is -0.352 e. The first kappa shape index (κ1) is 26.3. The molecule has 8 nitrogen and oxygen atoms in total. The van der Waals surface area contributed by atoms with Crippen LogP contribution in [0.15, 0.2) is 53.4 Å². The lowest BCUT2D eigenvalue weighted by Gasteiger charge is -2.35. The Morgan fingerprint density at radius 2 is 1.39 bits per heavy atom. The lowest BCUT2D eigenvalue weighted by atomic mass is 9.99. The van der Waals surface area contributed by atoms with Crippen molar-refractivity contribution in [3.63, 3.8) is 0 Å². The van der Waals surface area contributed by atoms with Crippen LogP contribution in [0.3, 0.4) is 0 Å². The Hall–Kier alpha value is -3.30. The molecule has 38 heavy (non-hydrogen) atoms. The van der Waals surface area contributed by atoms with Gasteiger partial charge in [0, 0.05) is 50.4 Å². The number of piperidine rings is 1. The molecule has 3 heterocycles. The standard InChI is InChI=1S/C29H35N5O3S/c1-21-19-23(3)26(20-22(21)2)27-11-12-28(31-30-27)32-15-17-33(18-16-32)29(35)24-7-9-25(10-8-24)38(36,37)34-13-5-4-6-14-34/h7-12,19-20H,4-6,13-18H2,1-3H3. The fourth-order valence-corrected chi connectivity index (χ4v) is 6.74. The number of piperazine rings is 1. The van der Waals surface area contributed by atoms with Gasteiger partial charge in [-0.3, -0.25) is 4.79 Å². The average molecular weight is 534 g/mol. The van der Waals surface area contributed by atoms with E-state index in [2.05, 4.69) is 48.0 Å². The molecule has 0 aliphatic carbocycles. The van der Waals surface area contributed by atoms with Crippen molar-refractivity contribution < 1.29 is 13.2 Å². The van der Waals surface area contributed by atoms with E-state index in [1.165, 1.54) is 16.7 Å². The molecule has 2 aliphatic heterocycles. The van der Waals surface area contributed by atoms with E-state index in [9.17, 15) is 13.2 Å². The third-order valence-corrected chi connectivity index (χ3v) is 9.62. The van der Waals surface area contributed by atoms with Crippen molar-refractivity contribution in [3.05, 3.63) is 70.8 Å². The van der Waals surface area contributed by atoms with Crippen molar-refractivity contribution in [2.75, 3.05) is 44.2 Å². The highest BCUT2D eigenvalue weighted by Crippen LogP contribution is 2.26. The Balaban J connectivity index is 1.20. The van der Waals surface area contributed by atoms with Gasteiger partial charge < -0.3 is 9.80 Å². The van der Waals surface area contributed by atoms with E-state index in [-0.39, 0.29) is 10.8 Å². The van der Waals surface area contributed by atoms with E-state index in [0.29, 0.717) is 44.8 Å². The van der Waals surface area contributed by atoms with Crippen LogP contribution in [0.2, 0.25) is 0 Å². The Kier molecular flexibility index (Phi) is 7.49. The minimum absolute atomic E-state index is 0.0850. The topological polar surface area (TPSA) is 86.7 Å². The van der Waals surface area contributed by atoms with Crippen LogP contribution in [0.5, 0.6) is 0 Å². The fourth-order valence-electron chi connectivity index (χ4n) is 5.22. The molecule has 2 saturated heterocycles. The Bertz CT molecular complexity index is 1410. The number of anilines is 1. The highest BCUT2D eigenvalue weighted by Gasteiger charge is 2.27. The molecule has 9 heteroatoms. The molecule has 3 aromatic rings. The van der Waals surface area contributed by atoms with Gasteiger partial charge in [-0.1, -0.05) is 12.5 Å². The summed E-state index contributed by atoms with van der Waals surface area (Å²) in [4.78, 5) is 17.3. The summed E-state index contributed by atoms with van der Waals surface area (Å²) in [7, 11) is -3.51. The first-order valence-corrected chi connectivity index (χ1v) is 14.7. The van der Waals surface area contributed by atoms with Gasteiger partial charge in [0.05, 0.1) is 10.6 Å². The summed E-state index contributed by atoms with van der Waals surface area (Å²) in [5.41, 5.74) is 6.13. The maximum absolute atomic E-state index is 13.1. The molecule has 200 valence electrons. The molecular formula is C29H35N5O3S. The van der Waals surface area contributed by atoms with Crippen LogP contribution >= 0.6 is 0 Å². The highest BCUT2D eigenvalue weighted by molar-refractivity contribution is 7.89. The number of benzene rings is 2. The van der Waals surface area contributed by atoms with E-state index in [1.54, 1.807) is 28.6 Å². The highest BCUT2D eigenvalue weighted by atomic mass is 32.2. The van der Waals surface area contributed by atoms with Gasteiger partial charge in [-0.15, -0.1) is 10.2 Å². The molecule has 0 unspecified atom stereocenters. The van der Waals surface area contributed by atoms with Crippen molar-refractivity contribution >= 4 is 21.7 Å². The predicted molar refractivity (Wildman–Crippen MR) is 149 cm³/mol. The van der Waals surface area contributed by atoms with Crippen molar-refractivity contribution in [2.45, 2.75) is 44.9 Å². The molecule has 2 fully saturated rings. The minimum atomic E-state index is -3.51. The smallest absolute Gasteiger partial charge is 0.253 e. The van der Waals surface area contributed by atoms with Gasteiger partial charge in [-0.05, 0) is 92.8 Å². The predicted octanol–water partition coefficient (Wildman–Crippen LogP) is 4.21. The SMILES string of the molecule is Cc1cc(C)c(-c2ccc(N3CCN(C(=O)c4ccc(S(=O)(=O)N5CCCCC5)cc4)CC3)nn2)cc1C. The second-order valence-corrected chi connectivity index (χ2v) is 12.2. The number of aromatic nitrogens is 2. The third kappa shape index (κ3) is 5.31. The van der Waals surface area contributed by atoms with E-state index in [4.69, 9.17) is 0 Å². The van der Waals surface area contributed by atoms with E-state index < -0.39 is 10.0 Å². The molecule has 0 saturated carbocycles. The summed E-state index contributed by atoms with van der Waals surface area (Å²) in [6.07, 6.45) is 2.85. The summed E-state index contributed by atoms with van der Waals surface area (Å²) in [6.45, 7) is 9.87. The quantitative estimate of drug-likeness (QED) is 0.489. The van der Waals surface area contributed by atoms with Gasteiger partial charge in [0.1, 0.15) is 0 Å². The van der Waals surface area contributed by atoms with Crippen LogP contribution < -0.4 is 4.90 Å². The summed E-state index contributed by atoms with van der Waals surface area (Å²) < 4.78 is 27.3. The molecule has 5 rings (SSSR count). The number of amides is 1. The van der Waals surface area contributed by atoms with Gasteiger partial charge in [-0.25, -0.2) is 8.42 Å². The van der Waals surface area contributed by atoms with Gasteiger partial charge in [0.25, 0.3) is 5.91 Å². The number of nitrogens with zero attached hydrogens (tertiary/aromatic N) is 5. The lowest BCUT2D eigenvalue weighted by molar-refractivity contribution is 0.0746. The van der Waals surface area contributed by atoms with Crippen LogP contribution in [0.25, 0.3) is 11.3 Å². The van der Waals surface area contributed by atoms with Crippen LogP contribution in [0.4, 0.5) is 5.82 Å². The molecule has 2 aliphatic rings. The van der Waals surface area contributed by atoms with E-state index >= 15 is 0 Å². The fraction of sp³-hybridized carbons (Fsp3) is 0.414. The van der Waals surface area contributed by atoms with Crippen molar-refractivity contribution in [1.29, 1.82) is 0 Å². The van der Waals surface area contributed by atoms with Gasteiger partial charge >= 0.3 is 0 Å². The van der Waals surface area contributed by atoms with Crippen LogP contribution in [-0.2, 0) is 10.0 Å². The second-order valence-electron chi connectivity index (χ2n) is 10.3. The molecule has 2 aromatic carbocycles. The van der Waals surface area contributed by atoms with Crippen molar-refractivity contribution in [1.82, 2.24) is 19.4 Å². The lowest BCUT2D eigenvalue weighted by Crippen LogP contribution is -2.49. The van der Waals surface area contributed by atoms with Crippen LogP contribution in [0, 0.1) is 20.8 Å². The Morgan fingerprint density at radius 1 is 0.737 bits per heavy atom. The Labute approximate surface area is 225 Å². The number of hydrogen-bond acceptors (Lipinski definition) is 6. The summed E-state index contributed by atoms with van der Waals surface area (Å²) in [5.74, 6) is 0.716. The van der Waals surface area contributed by atoms with E-state index in [1.807, 2.05) is 17.0 Å². The van der Waals surface area contributed by atoms with Crippen LogP contribution in [-0.4, -0.2) is 73.0 Å². The number of carbonyl (C=O) groups excluding carboxylic acids is 1. The van der Waals surface area contributed by atoms with Gasteiger partial charge in [0.2, 0.25) is 10.0 Å². The summed E-state index contributed by atoms with van der Waals surface area (Å²) >= 11 is 0. The summed E-state index contributed by atoms with van der Waals surface area (Å²) in [6, 6.07) is 14.7. The number of hydrogen-bond donors (Lipinski definition) is 0. The van der Waals surface area contributed by atoms with Gasteiger partial charge in [-0.2, -0.15) is 4.31 Å². The second kappa shape index (κ2) is 10.8. The first-order valence-electron chi connectivity index (χ1n) is 13.3. The maximum Gasteiger partial charge on any atom is 0.253 e. The molecule has 0 N–H and O–H groups in total. The maximum atomic E-state index is 13.1. The zero-order valence-electron chi connectivity index (χ0n) is 22.4. The molecule has 1 aromatic heterocycles. The zero-order chi connectivity index (χ0) is 26.9. The molecule has 0 bridgehead atoms. The molecule has 0 spiro atoms. The van der Waals surface area contributed by atoms with Crippen LogP contribution in [0.1, 0.15) is 46.3 Å². The van der Waals surface area contributed by atoms with Gasteiger partial charge in [0.15, 0.2) is 5.82 Å². The number of rotatable bonds is 5. The number of carbonyl (C=O) groups is 1. The normalized spacial score (nSPS) is 17.0. The van der Waals surface area contributed by atoms with Crippen molar-refractivity contribution in [3.8, 4) is 11.3 Å². The summed E-state index contributed by atoms with van der Waals surface area (Å²) in [5, 5.41) is 8.98. The molecular weight excluding hydrogens is 498 g/mol. The average Bonchev–Trinajstić information content (AvgIpc) is 2.95. The van der Waals surface area contributed by atoms with Crippen molar-refractivity contribution in [2.24, 2.45) is 0 Å². The number of sulfonamides is 1. The third-order valence-electron chi connectivity index (χ3n) is 7.71. The monoisotopic (exact) mass is 533 g/mol. The van der Waals surface area contributed by atoms with E-state index in [0.717, 1.165) is 36.3 Å². The first-order chi connectivity index (χ1) is 18.2. The molecule has 1 amide bonds. The molecule has 0 radical (unpaired) electrons. The zero-order valence-corrected chi connectivity index (χ0v) is 23.2. The largest absolute Gasteiger partial charge is 0.352 e. The number of aryl methyl sites for hydroxylation is 3. The molecule has 0 atom stereocenters. The Morgan fingerprint density at radius 3 is 2.03 bits per heavy atom.